The van der Waals surface area contributed by atoms with Crippen LogP contribution in [0.5, 0.6) is 0 Å². The topological polar surface area (TPSA) is 12.0 Å². The van der Waals surface area contributed by atoms with Crippen LogP contribution < -0.4 is 22.3 Å². The Morgan fingerprint density at radius 1 is 1.13 bits per heavy atom. The summed E-state index contributed by atoms with van der Waals surface area (Å²) in [6.45, 7) is 9.29. The average Bonchev–Trinajstić information content (AvgIpc) is 2.00. The summed E-state index contributed by atoms with van der Waals surface area (Å²) in [4.78, 5) is 0. The smallest absolute Gasteiger partial charge is 0.0780 e. The van der Waals surface area contributed by atoms with Gasteiger partial charge < -0.3 is 26.8 Å². The molecule has 3 heteroatoms. The number of nitrogens with zero attached hydrogens (tertiary/aromatic N) is 1. The summed E-state index contributed by atoms with van der Waals surface area (Å²) in [5.41, 5.74) is 1.22. The molecule has 2 nitrogen and oxygen atoms in total. The van der Waals surface area contributed by atoms with E-state index >= 15 is 0 Å². The molecular weight excluding hydrogens is 252 g/mol. The largest absolute Gasteiger partial charge is 1.00 e. The Morgan fingerprint density at radius 2 is 1.73 bits per heavy atom. The molecule has 0 aliphatic heterocycles. The van der Waals surface area contributed by atoms with Crippen LogP contribution in [0.25, 0.3) is 0 Å². The van der Waals surface area contributed by atoms with Crippen molar-refractivity contribution in [3.05, 3.63) is 12.2 Å². The zero-order chi connectivity index (χ0) is 11.0. The molecule has 0 saturated heterocycles. The molecule has 0 unspecified atom stereocenters. The maximum atomic E-state index is 3.86. The van der Waals surface area contributed by atoms with Crippen LogP contribution in [-0.2, 0) is 0 Å². The highest BCUT2D eigenvalue weighted by atomic mass is 79.9. The van der Waals surface area contributed by atoms with Gasteiger partial charge >= 0.3 is 0 Å². The Morgan fingerprint density at radius 3 is 2.20 bits per heavy atom. The molecule has 0 heterocycles. The van der Waals surface area contributed by atoms with Crippen LogP contribution >= 0.6 is 0 Å². The van der Waals surface area contributed by atoms with Gasteiger partial charge in [0.1, 0.15) is 0 Å². The number of nitrogens with one attached hydrogen (secondary N) is 1. The van der Waals surface area contributed by atoms with Crippen LogP contribution in [0.1, 0.15) is 26.2 Å². The van der Waals surface area contributed by atoms with Gasteiger partial charge in [0.25, 0.3) is 0 Å². The van der Waals surface area contributed by atoms with Gasteiger partial charge in [-0.2, -0.15) is 0 Å². The lowest BCUT2D eigenvalue weighted by molar-refractivity contribution is -0.870. The van der Waals surface area contributed by atoms with Crippen molar-refractivity contribution >= 4 is 0 Å². The Bertz CT molecular complexity index is 161. The maximum Gasteiger partial charge on any atom is 0.0780 e. The van der Waals surface area contributed by atoms with Gasteiger partial charge in [-0.3, -0.25) is 0 Å². The molecule has 0 saturated carbocycles. The van der Waals surface area contributed by atoms with E-state index in [0.29, 0.717) is 0 Å². The molecule has 92 valence electrons. The van der Waals surface area contributed by atoms with Gasteiger partial charge in [0, 0.05) is 6.54 Å². The summed E-state index contributed by atoms with van der Waals surface area (Å²) < 4.78 is 1.08. The third-order valence-electron chi connectivity index (χ3n) is 2.11. The Labute approximate surface area is 106 Å². The van der Waals surface area contributed by atoms with Crippen LogP contribution in [0.4, 0.5) is 0 Å². The lowest BCUT2D eigenvalue weighted by Crippen LogP contribution is -3.00. The molecule has 0 atom stereocenters. The first-order valence-electron chi connectivity index (χ1n) is 5.57. The normalized spacial score (nSPS) is 10.9. The van der Waals surface area contributed by atoms with Gasteiger partial charge in [-0.05, 0) is 32.7 Å². The maximum absolute atomic E-state index is 3.86. The summed E-state index contributed by atoms with van der Waals surface area (Å²) >= 11 is 0. The number of rotatable bonds is 8. The molecule has 0 bridgehead atoms. The summed E-state index contributed by atoms with van der Waals surface area (Å²) in [6.07, 6.45) is 3.95. The van der Waals surface area contributed by atoms with Crippen LogP contribution in [0.3, 0.4) is 0 Å². The highest BCUT2D eigenvalue weighted by molar-refractivity contribution is 4.90. The highest BCUT2D eigenvalue weighted by Crippen LogP contribution is 1.99. The fourth-order valence-electron chi connectivity index (χ4n) is 1.31. The van der Waals surface area contributed by atoms with Gasteiger partial charge in [-0.15, -0.1) is 0 Å². The van der Waals surface area contributed by atoms with Crippen molar-refractivity contribution in [1.29, 1.82) is 0 Å². The third-order valence-corrected chi connectivity index (χ3v) is 2.11. The molecule has 0 amide bonds. The minimum absolute atomic E-state index is 0. The second-order valence-electron chi connectivity index (χ2n) is 5.21. The number of unbranched alkanes of at least 4 members (excludes halogenated alkanes) is 2. The summed E-state index contributed by atoms with van der Waals surface area (Å²) in [5.74, 6) is 0. The first-order valence-corrected chi connectivity index (χ1v) is 5.57. The van der Waals surface area contributed by atoms with E-state index in [4.69, 9.17) is 0 Å². The number of hydrogen-bond donors (Lipinski definition) is 1. The lowest BCUT2D eigenvalue weighted by Gasteiger charge is -2.23. The molecule has 0 aromatic carbocycles. The molecule has 0 rings (SSSR count). The predicted octanol–water partition coefficient (Wildman–Crippen LogP) is -0.967. The van der Waals surface area contributed by atoms with Crippen LogP contribution in [-0.4, -0.2) is 45.3 Å². The van der Waals surface area contributed by atoms with E-state index < -0.39 is 0 Å². The summed E-state index contributed by atoms with van der Waals surface area (Å²) in [7, 11) is 6.75. The molecule has 0 fully saturated rings. The summed E-state index contributed by atoms with van der Waals surface area (Å²) in [6, 6.07) is 0. The first-order chi connectivity index (χ1) is 6.42. The quantitative estimate of drug-likeness (QED) is 0.343. The minimum atomic E-state index is 0. The Kier molecular flexibility index (Phi) is 11.0. The molecule has 0 aromatic heterocycles. The van der Waals surface area contributed by atoms with Crippen molar-refractivity contribution in [2.45, 2.75) is 26.2 Å². The molecule has 0 spiro atoms. The molecule has 0 aliphatic rings. The molecular formula is C12H27BrN2. The molecule has 0 radical (unpaired) electrons. The van der Waals surface area contributed by atoms with E-state index in [1.165, 1.54) is 31.4 Å². The van der Waals surface area contributed by atoms with Crippen molar-refractivity contribution in [3.8, 4) is 0 Å². The lowest BCUT2D eigenvalue weighted by atomic mass is 10.2. The average molecular weight is 279 g/mol. The monoisotopic (exact) mass is 278 g/mol. The molecule has 1 N–H and O–H groups in total. The van der Waals surface area contributed by atoms with Gasteiger partial charge in [0.15, 0.2) is 0 Å². The van der Waals surface area contributed by atoms with Crippen LogP contribution in [0, 0.1) is 0 Å². The predicted molar refractivity (Wildman–Crippen MR) is 64.4 cm³/mol. The number of halogens is 1. The minimum Gasteiger partial charge on any atom is -1.00 e. The van der Waals surface area contributed by atoms with Crippen molar-refractivity contribution in [1.82, 2.24) is 5.32 Å². The van der Waals surface area contributed by atoms with Gasteiger partial charge in [-0.25, -0.2) is 0 Å². The first kappa shape index (κ1) is 17.5. The van der Waals surface area contributed by atoms with E-state index in [1.54, 1.807) is 0 Å². The Balaban J connectivity index is 0. The third kappa shape index (κ3) is 16.8. The number of quaternary nitrogens is 1. The Hall–Kier alpha value is 0.140. The van der Waals surface area contributed by atoms with E-state index in [9.17, 15) is 0 Å². The van der Waals surface area contributed by atoms with E-state index in [2.05, 4.69) is 40.0 Å². The van der Waals surface area contributed by atoms with E-state index in [1.807, 2.05) is 0 Å². The second kappa shape index (κ2) is 9.37. The van der Waals surface area contributed by atoms with Crippen molar-refractivity contribution < 1.29 is 21.5 Å². The van der Waals surface area contributed by atoms with E-state index in [0.717, 1.165) is 17.6 Å². The standard InChI is InChI=1S/C12H27N2.BrH/c1-12(2)11-13-9-7-6-8-10-14(3,4)5;/h13H,1,6-11H2,2-5H3;1H/q+1;/p-1. The summed E-state index contributed by atoms with van der Waals surface area (Å²) in [5, 5.41) is 3.38. The molecule has 15 heavy (non-hydrogen) atoms. The van der Waals surface area contributed by atoms with Gasteiger partial charge in [-0.1, -0.05) is 12.2 Å². The second-order valence-corrected chi connectivity index (χ2v) is 5.21. The fourth-order valence-corrected chi connectivity index (χ4v) is 1.31. The molecule has 0 aromatic rings. The van der Waals surface area contributed by atoms with Crippen molar-refractivity contribution in [2.24, 2.45) is 0 Å². The van der Waals surface area contributed by atoms with Gasteiger partial charge in [0.2, 0.25) is 0 Å². The van der Waals surface area contributed by atoms with Crippen LogP contribution in [0.15, 0.2) is 12.2 Å². The SMILES string of the molecule is C=C(C)CNCCCCC[N+](C)(C)C.[Br-]. The zero-order valence-corrected chi connectivity index (χ0v) is 12.4. The van der Waals surface area contributed by atoms with Gasteiger partial charge in [0.05, 0.1) is 27.7 Å². The fraction of sp³-hybridized carbons (Fsp3) is 0.833. The van der Waals surface area contributed by atoms with Crippen molar-refractivity contribution in [2.75, 3.05) is 40.8 Å². The van der Waals surface area contributed by atoms with Crippen molar-refractivity contribution in [3.63, 3.8) is 0 Å². The zero-order valence-electron chi connectivity index (χ0n) is 10.8. The van der Waals surface area contributed by atoms with Crippen LogP contribution in [0.2, 0.25) is 0 Å². The molecule has 0 aliphatic carbocycles. The highest BCUT2D eigenvalue weighted by Gasteiger charge is 2.04. The van der Waals surface area contributed by atoms with E-state index in [-0.39, 0.29) is 17.0 Å². The number of hydrogen-bond acceptors (Lipinski definition) is 1.